The second kappa shape index (κ2) is 8.01. The van der Waals surface area contributed by atoms with E-state index in [1.165, 1.54) is 23.4 Å². The zero-order valence-electron chi connectivity index (χ0n) is 14.5. The molecule has 1 fully saturated rings. The van der Waals surface area contributed by atoms with Crippen molar-refractivity contribution in [3.8, 4) is 0 Å². The Morgan fingerprint density at radius 1 is 1.08 bits per heavy atom. The van der Waals surface area contributed by atoms with E-state index >= 15 is 0 Å². The molecule has 1 aliphatic heterocycles. The summed E-state index contributed by atoms with van der Waals surface area (Å²) in [6.45, 7) is 5.77. The van der Waals surface area contributed by atoms with Crippen molar-refractivity contribution < 1.29 is 9.18 Å². The van der Waals surface area contributed by atoms with E-state index in [1.54, 1.807) is 12.1 Å². The normalized spacial score (nSPS) is 14.5. The molecule has 0 aliphatic carbocycles. The summed E-state index contributed by atoms with van der Waals surface area (Å²) >= 11 is 0. The second-order valence-electron chi connectivity index (χ2n) is 6.42. The minimum absolute atomic E-state index is 0.0222. The number of rotatable bonds is 4. The van der Waals surface area contributed by atoms with Crippen LogP contribution >= 0.6 is 0 Å². The van der Waals surface area contributed by atoms with Crippen LogP contribution in [0, 0.1) is 12.7 Å². The molecule has 4 nitrogen and oxygen atoms in total. The second-order valence-corrected chi connectivity index (χ2v) is 6.42. The Morgan fingerprint density at radius 2 is 1.80 bits per heavy atom. The number of amides is 2. The number of benzene rings is 2. The lowest BCUT2D eigenvalue weighted by Gasteiger charge is -2.36. The van der Waals surface area contributed by atoms with Gasteiger partial charge in [0.25, 0.3) is 0 Å². The number of aryl methyl sites for hydroxylation is 1. The van der Waals surface area contributed by atoms with Crippen molar-refractivity contribution in [3.05, 3.63) is 65.5 Å². The molecule has 0 saturated carbocycles. The molecule has 0 bridgehead atoms. The first-order valence-corrected chi connectivity index (χ1v) is 8.71. The van der Waals surface area contributed by atoms with Crippen LogP contribution < -0.4 is 10.2 Å². The van der Waals surface area contributed by atoms with Gasteiger partial charge in [-0.15, -0.1) is 0 Å². The van der Waals surface area contributed by atoms with Crippen molar-refractivity contribution in [2.45, 2.75) is 13.3 Å². The number of urea groups is 1. The summed E-state index contributed by atoms with van der Waals surface area (Å²) in [7, 11) is 0. The molecule has 5 heteroatoms. The topological polar surface area (TPSA) is 35.6 Å². The zero-order valence-corrected chi connectivity index (χ0v) is 14.5. The van der Waals surface area contributed by atoms with E-state index in [0.29, 0.717) is 13.0 Å². The molecule has 1 saturated heterocycles. The summed E-state index contributed by atoms with van der Waals surface area (Å²) in [6.07, 6.45) is 0.704. The van der Waals surface area contributed by atoms with Crippen molar-refractivity contribution in [3.63, 3.8) is 0 Å². The van der Waals surface area contributed by atoms with Crippen LogP contribution in [0.2, 0.25) is 0 Å². The van der Waals surface area contributed by atoms with Crippen molar-refractivity contribution in [1.29, 1.82) is 0 Å². The van der Waals surface area contributed by atoms with Gasteiger partial charge in [-0.3, -0.25) is 0 Å². The van der Waals surface area contributed by atoms with Crippen molar-refractivity contribution in [1.82, 2.24) is 10.2 Å². The lowest BCUT2D eigenvalue weighted by atomic mass is 10.1. The van der Waals surface area contributed by atoms with Gasteiger partial charge in [-0.1, -0.05) is 24.3 Å². The highest BCUT2D eigenvalue weighted by atomic mass is 19.1. The minimum Gasteiger partial charge on any atom is -0.368 e. The van der Waals surface area contributed by atoms with E-state index in [-0.39, 0.29) is 11.8 Å². The van der Waals surface area contributed by atoms with Gasteiger partial charge in [-0.05, 0) is 48.7 Å². The maximum Gasteiger partial charge on any atom is 0.317 e. The maximum absolute atomic E-state index is 12.9. The SMILES string of the molecule is Cc1cccc(N2CCN(C(=O)NCCc3ccc(F)cc3)CC2)c1. The van der Waals surface area contributed by atoms with E-state index in [9.17, 15) is 9.18 Å². The van der Waals surface area contributed by atoms with Gasteiger partial charge in [0, 0.05) is 38.4 Å². The molecule has 0 unspecified atom stereocenters. The molecular weight excluding hydrogens is 317 g/mol. The average Bonchev–Trinajstić information content (AvgIpc) is 2.63. The Hall–Kier alpha value is -2.56. The van der Waals surface area contributed by atoms with Crippen LogP contribution in [-0.4, -0.2) is 43.7 Å². The largest absolute Gasteiger partial charge is 0.368 e. The summed E-state index contributed by atoms with van der Waals surface area (Å²) in [5.41, 5.74) is 3.49. The standard InChI is InChI=1S/C20H24FN3O/c1-16-3-2-4-19(15-16)23-11-13-24(14-12-23)20(25)22-10-9-17-5-7-18(21)8-6-17/h2-8,15H,9-14H2,1H3,(H,22,25). The van der Waals surface area contributed by atoms with E-state index in [1.807, 2.05) is 4.90 Å². The summed E-state index contributed by atoms with van der Waals surface area (Å²) in [5, 5.41) is 2.95. The summed E-state index contributed by atoms with van der Waals surface area (Å²) in [5.74, 6) is -0.237. The fraction of sp³-hybridized carbons (Fsp3) is 0.350. The lowest BCUT2D eigenvalue weighted by Crippen LogP contribution is -2.52. The van der Waals surface area contributed by atoms with Crippen molar-refractivity contribution in [2.24, 2.45) is 0 Å². The van der Waals surface area contributed by atoms with Crippen molar-refractivity contribution >= 4 is 11.7 Å². The van der Waals surface area contributed by atoms with Gasteiger partial charge >= 0.3 is 6.03 Å². The van der Waals surface area contributed by atoms with Gasteiger partial charge in [0.15, 0.2) is 0 Å². The predicted octanol–water partition coefficient (Wildman–Crippen LogP) is 3.21. The molecular formula is C20H24FN3O. The smallest absolute Gasteiger partial charge is 0.317 e. The molecule has 132 valence electrons. The number of nitrogens with one attached hydrogen (secondary N) is 1. The van der Waals surface area contributed by atoms with E-state index in [0.717, 1.165) is 31.7 Å². The number of nitrogens with zero attached hydrogens (tertiary/aromatic N) is 2. The van der Waals surface area contributed by atoms with Crippen LogP contribution in [0.3, 0.4) is 0 Å². The Balaban J connectivity index is 1.43. The molecule has 2 amide bonds. The van der Waals surface area contributed by atoms with Gasteiger partial charge in [0.1, 0.15) is 5.82 Å². The Bertz CT molecular complexity index is 709. The van der Waals surface area contributed by atoms with Crippen LogP contribution in [0.4, 0.5) is 14.9 Å². The first-order valence-electron chi connectivity index (χ1n) is 8.71. The van der Waals surface area contributed by atoms with Gasteiger partial charge in [0.2, 0.25) is 0 Å². The van der Waals surface area contributed by atoms with Crippen LogP contribution in [-0.2, 0) is 6.42 Å². The van der Waals surface area contributed by atoms with Crippen LogP contribution in [0.25, 0.3) is 0 Å². The first-order chi connectivity index (χ1) is 12.1. The molecule has 1 N–H and O–H groups in total. The molecule has 25 heavy (non-hydrogen) atoms. The van der Waals surface area contributed by atoms with Gasteiger partial charge in [0.05, 0.1) is 0 Å². The summed E-state index contributed by atoms with van der Waals surface area (Å²) < 4.78 is 12.9. The number of carbonyl (C=O) groups is 1. The fourth-order valence-electron chi connectivity index (χ4n) is 3.07. The number of hydrogen-bond acceptors (Lipinski definition) is 2. The highest BCUT2D eigenvalue weighted by Gasteiger charge is 2.20. The predicted molar refractivity (Wildman–Crippen MR) is 98.5 cm³/mol. The molecule has 0 radical (unpaired) electrons. The van der Waals surface area contributed by atoms with Gasteiger partial charge < -0.3 is 15.1 Å². The molecule has 3 rings (SSSR count). The Labute approximate surface area is 148 Å². The molecule has 2 aromatic carbocycles. The molecule has 1 aliphatic rings. The monoisotopic (exact) mass is 341 g/mol. The summed E-state index contributed by atoms with van der Waals surface area (Å²) in [6, 6.07) is 14.8. The molecule has 2 aromatic rings. The van der Waals surface area contributed by atoms with Gasteiger partial charge in [-0.2, -0.15) is 0 Å². The fourth-order valence-corrected chi connectivity index (χ4v) is 3.07. The number of halogens is 1. The zero-order chi connectivity index (χ0) is 17.6. The molecule has 1 heterocycles. The lowest BCUT2D eigenvalue weighted by molar-refractivity contribution is 0.194. The number of piperazine rings is 1. The third-order valence-electron chi connectivity index (χ3n) is 4.54. The minimum atomic E-state index is -0.237. The Kier molecular flexibility index (Phi) is 5.53. The van der Waals surface area contributed by atoms with E-state index in [2.05, 4.69) is 41.4 Å². The van der Waals surface area contributed by atoms with Crippen LogP contribution in [0.15, 0.2) is 48.5 Å². The molecule has 0 atom stereocenters. The quantitative estimate of drug-likeness (QED) is 0.927. The average molecular weight is 341 g/mol. The molecule has 0 spiro atoms. The third-order valence-corrected chi connectivity index (χ3v) is 4.54. The van der Waals surface area contributed by atoms with Gasteiger partial charge in [-0.25, -0.2) is 9.18 Å². The summed E-state index contributed by atoms with van der Waals surface area (Å²) in [4.78, 5) is 16.4. The van der Waals surface area contributed by atoms with E-state index in [4.69, 9.17) is 0 Å². The van der Waals surface area contributed by atoms with Crippen molar-refractivity contribution in [2.75, 3.05) is 37.6 Å². The maximum atomic E-state index is 12.9. The highest BCUT2D eigenvalue weighted by Crippen LogP contribution is 2.17. The van der Waals surface area contributed by atoms with Crippen LogP contribution in [0.5, 0.6) is 0 Å². The van der Waals surface area contributed by atoms with E-state index < -0.39 is 0 Å². The highest BCUT2D eigenvalue weighted by molar-refractivity contribution is 5.74. The number of anilines is 1. The number of hydrogen-bond donors (Lipinski definition) is 1. The third kappa shape index (κ3) is 4.72. The Morgan fingerprint density at radius 3 is 2.48 bits per heavy atom. The first kappa shape index (κ1) is 17.3. The molecule has 0 aromatic heterocycles. The number of carbonyl (C=O) groups excluding carboxylic acids is 1. The van der Waals surface area contributed by atoms with Crippen LogP contribution in [0.1, 0.15) is 11.1 Å².